The number of benzene rings is 2. The van der Waals surface area contributed by atoms with Crippen molar-refractivity contribution in [3.05, 3.63) is 65.7 Å². The number of nitrogens with two attached hydrogens (primary N) is 8. The van der Waals surface area contributed by atoms with Crippen LogP contribution in [0.15, 0.2) is 64.6 Å². The first-order valence-corrected chi connectivity index (χ1v) is 35.4. The van der Waals surface area contributed by atoms with Crippen LogP contribution in [0, 0.1) is 47.3 Å². The monoisotopic (exact) mass is 1430 g/mol. The van der Waals surface area contributed by atoms with Gasteiger partial charge in [-0.05, 0) is 138 Å². The van der Waals surface area contributed by atoms with E-state index in [9.17, 15) is 63.3 Å². The molecule has 102 heavy (non-hydrogen) atoms. The summed E-state index contributed by atoms with van der Waals surface area (Å²) in [5, 5.41) is 44.8. The van der Waals surface area contributed by atoms with Crippen molar-refractivity contribution in [3.63, 3.8) is 0 Å². The van der Waals surface area contributed by atoms with Crippen molar-refractivity contribution in [3.8, 4) is 5.75 Å². The van der Waals surface area contributed by atoms with E-state index in [1.807, 2.05) is 65.0 Å². The number of phenols is 1. The molecule has 24 N–H and O–H groups in total. The maximum atomic E-state index is 15.0. The summed E-state index contributed by atoms with van der Waals surface area (Å²) in [5.74, 6) is -15.1. The van der Waals surface area contributed by atoms with Crippen molar-refractivity contribution in [1.82, 2.24) is 26.6 Å². The van der Waals surface area contributed by atoms with E-state index in [4.69, 9.17) is 45.9 Å². The molecule has 0 aliphatic rings. The van der Waals surface area contributed by atoms with E-state index >= 15 is 9.59 Å². The minimum Gasteiger partial charge on any atom is -0.508 e. The predicted molar refractivity (Wildman–Crippen MR) is 387 cm³/mol. The molecule has 30 nitrogen and oxygen atoms in total. The van der Waals surface area contributed by atoms with Gasteiger partial charge in [0.25, 0.3) is 0 Å². The summed E-state index contributed by atoms with van der Waals surface area (Å²) in [6.07, 6.45) is -2.68. The van der Waals surface area contributed by atoms with Gasteiger partial charge in [0.15, 0.2) is 40.8 Å². The molecule has 2 rings (SSSR count). The first-order chi connectivity index (χ1) is 48.0. The van der Waals surface area contributed by atoms with Crippen LogP contribution < -0.4 is 72.5 Å². The molecule has 1 unspecified atom stereocenters. The molecule has 0 radical (unpaired) electrons. The molecule has 13 atom stereocenters. The van der Waals surface area contributed by atoms with Crippen molar-refractivity contribution in [2.24, 2.45) is 103 Å². The second-order valence-corrected chi connectivity index (χ2v) is 27.8. The van der Waals surface area contributed by atoms with Crippen molar-refractivity contribution >= 4 is 82.2 Å². The molecular formula is C72H117N15O15. The summed E-state index contributed by atoms with van der Waals surface area (Å²) in [4.78, 5) is 175. The Bertz CT molecular complexity index is 3090. The highest BCUT2D eigenvalue weighted by molar-refractivity contribution is 5.98. The molecule has 30 heteroatoms. The van der Waals surface area contributed by atoms with E-state index < -0.39 is 176 Å². The molecule has 0 saturated carbocycles. The number of aliphatic hydroxyl groups is 2. The summed E-state index contributed by atoms with van der Waals surface area (Å²) in [6, 6.07) is 8.49. The summed E-state index contributed by atoms with van der Waals surface area (Å²) in [6.45, 7) is 12.2. The number of primary amides is 3. The van der Waals surface area contributed by atoms with Gasteiger partial charge in [-0.3, -0.25) is 67.5 Å². The fourth-order valence-corrected chi connectivity index (χ4v) is 11.9. The van der Waals surface area contributed by atoms with E-state index in [0.29, 0.717) is 24.8 Å². The first kappa shape index (κ1) is 89.3. The lowest BCUT2D eigenvalue weighted by Crippen LogP contribution is -2.50. The van der Waals surface area contributed by atoms with Gasteiger partial charge in [-0.1, -0.05) is 83.5 Å². The van der Waals surface area contributed by atoms with E-state index in [1.54, 1.807) is 0 Å². The number of carbonyl (C=O) groups is 12. The molecule has 0 aromatic heterocycles. The van der Waals surface area contributed by atoms with Crippen molar-refractivity contribution in [2.75, 3.05) is 26.2 Å². The van der Waals surface area contributed by atoms with Gasteiger partial charge in [0.05, 0.1) is 54.8 Å². The fourth-order valence-electron chi connectivity index (χ4n) is 11.9. The summed E-state index contributed by atoms with van der Waals surface area (Å²) in [5.41, 5.74) is 46.1. The second kappa shape index (κ2) is 47.4. The van der Waals surface area contributed by atoms with Gasteiger partial charge in [-0.2, -0.15) is 0 Å². The van der Waals surface area contributed by atoms with Gasteiger partial charge in [0.2, 0.25) is 41.4 Å². The number of amides is 7. The Morgan fingerprint density at radius 2 is 0.882 bits per heavy atom. The van der Waals surface area contributed by atoms with Crippen LogP contribution in [0.4, 0.5) is 0 Å². The van der Waals surface area contributed by atoms with Crippen LogP contribution in [0.25, 0.3) is 0 Å². The van der Waals surface area contributed by atoms with Gasteiger partial charge < -0.3 is 87.8 Å². The number of ketones is 5. The van der Waals surface area contributed by atoms with Gasteiger partial charge in [-0.15, -0.1) is 0 Å². The third kappa shape index (κ3) is 35.7. The number of hydrogen-bond acceptors (Lipinski definition) is 19. The minimum absolute atomic E-state index is 0.0103. The number of aliphatic hydroxyl groups excluding tert-OH is 2. The zero-order chi connectivity index (χ0) is 76.8. The molecule has 0 aliphatic carbocycles. The fraction of sp³-hybridized carbons (Fsp3) is 0.639. The SMILES string of the molecule is CC(C)C[C@H](CC(=O)[C@H](CC(C)C)NC(=O)[C@H](CCCCN)CC(=O)[C@H](CCCN=C(N)N)NC(=O)[C@@H](CC(=O)[C@H](CCC(N)=O)NC(=O)[C@H](CCC(N)=O)CC(=O)[C@H](CCCN=C(N)N)NC(=O)[C@@H](C)[C@@H](C)O)Cc1ccc(O)cc1)C(C)N[C@@H](Cc1ccccc1)C(=O)C[C@@H](CO)C(N)=O. The Balaban J connectivity index is 2.68. The summed E-state index contributed by atoms with van der Waals surface area (Å²) in [7, 11) is 0. The summed E-state index contributed by atoms with van der Waals surface area (Å²) >= 11 is 0. The highest BCUT2D eigenvalue weighted by Gasteiger charge is 2.38. The Labute approximate surface area is 599 Å². The van der Waals surface area contributed by atoms with Crippen LogP contribution in [-0.4, -0.2) is 166 Å². The largest absolute Gasteiger partial charge is 0.508 e. The van der Waals surface area contributed by atoms with Gasteiger partial charge >= 0.3 is 0 Å². The first-order valence-electron chi connectivity index (χ1n) is 35.4. The maximum absolute atomic E-state index is 15.0. The average molecular weight is 1430 g/mol. The van der Waals surface area contributed by atoms with Crippen LogP contribution in [0.2, 0.25) is 0 Å². The second-order valence-electron chi connectivity index (χ2n) is 27.8. The number of nitrogens with one attached hydrogen (secondary N) is 5. The predicted octanol–water partition coefficient (Wildman–Crippen LogP) is 0.694. The van der Waals surface area contributed by atoms with E-state index in [1.165, 1.54) is 38.1 Å². The van der Waals surface area contributed by atoms with E-state index in [0.717, 1.165) is 5.56 Å². The number of aromatic hydroxyl groups is 1. The Morgan fingerprint density at radius 1 is 0.451 bits per heavy atom. The minimum atomic E-state index is -1.56. The Hall–Kier alpha value is -8.74. The molecule has 0 heterocycles. The lowest BCUT2D eigenvalue weighted by Gasteiger charge is -2.32. The van der Waals surface area contributed by atoms with Crippen LogP contribution >= 0.6 is 0 Å². The third-order valence-corrected chi connectivity index (χ3v) is 18.0. The molecule has 0 aliphatic heterocycles. The molecule has 570 valence electrons. The molecule has 0 bridgehead atoms. The van der Waals surface area contributed by atoms with E-state index in [-0.39, 0.29) is 137 Å². The highest BCUT2D eigenvalue weighted by Crippen LogP contribution is 2.27. The number of nitrogens with zero attached hydrogens (tertiary/aromatic N) is 2. The number of Topliss-reactive ketones (excluding diaryl/α,β-unsaturated/α-hetero) is 5. The number of carbonyl (C=O) groups excluding carboxylic acids is 12. The van der Waals surface area contributed by atoms with Crippen molar-refractivity contribution in [2.45, 2.75) is 219 Å². The van der Waals surface area contributed by atoms with Crippen LogP contribution in [0.3, 0.4) is 0 Å². The van der Waals surface area contributed by atoms with Crippen molar-refractivity contribution in [1.29, 1.82) is 0 Å². The average Bonchev–Trinajstić information content (AvgIpc) is 0.856. The number of phenolic OH excluding ortho intramolecular Hbond substituents is 1. The molecule has 0 fully saturated rings. The summed E-state index contributed by atoms with van der Waals surface area (Å²) < 4.78 is 0. The Morgan fingerprint density at radius 3 is 1.35 bits per heavy atom. The normalized spacial score (nSPS) is 15.2. The topological polar surface area (TPSA) is 559 Å². The van der Waals surface area contributed by atoms with Gasteiger partial charge in [0.1, 0.15) is 5.75 Å². The van der Waals surface area contributed by atoms with Crippen molar-refractivity contribution < 1.29 is 72.9 Å². The number of guanidine groups is 2. The van der Waals surface area contributed by atoms with E-state index in [2.05, 4.69) is 36.6 Å². The number of hydrogen-bond donors (Lipinski definition) is 16. The molecule has 0 spiro atoms. The maximum Gasteiger partial charge on any atom is 0.226 e. The van der Waals surface area contributed by atoms with Gasteiger partial charge in [-0.25, -0.2) is 0 Å². The number of rotatable bonds is 55. The van der Waals surface area contributed by atoms with Crippen LogP contribution in [0.1, 0.15) is 175 Å². The quantitative estimate of drug-likeness (QED) is 0.0246. The lowest BCUT2D eigenvalue weighted by atomic mass is 9.83. The Kier molecular flexibility index (Phi) is 41.6. The molecule has 7 amide bonds. The zero-order valence-corrected chi connectivity index (χ0v) is 60.6. The smallest absolute Gasteiger partial charge is 0.226 e. The molecule has 2 aromatic rings. The number of unbranched alkanes of at least 4 members (excludes halogenated alkanes) is 1. The number of aliphatic imine (C=N–C) groups is 2. The zero-order valence-electron chi connectivity index (χ0n) is 60.6. The molecule has 2 aromatic carbocycles. The standard InChI is InChI=1S/C72H117N15O15/c1-41(2)31-50(44(6)83-58(34-46-15-9-8-10-16-46)63(95)39-52(40-88)66(76)98)37-62(94)57(32-42(3)4)87-68(100)48(17-11-12-28-73)35-59(91)55(19-14-30-82-72(79)80)85-70(102)51(33-47-20-23-53(90)24-21-47)38-61(93)56(25-27-65(75)97)86-69(101)49(22-26-64(74)96)36-60(92)54(18-13-29-81-71(77)78)84-67(99)43(5)45(7)89/h8-10,15-16,20-21,23-24,41-45,48-52,54-58,83,88-90H,11-14,17-19,22,25-40,73H2,1-7H3,(H2,74,96)(H2,75,97)(H2,76,98)(H,84,99)(H,85,102)(H,86,101)(H,87,100)(H4,77,78,81)(H4,79,80,82)/t43-,44?,45+,48+,49+,50+,51+,52-,54-,55-,56-,57-,58-/m0/s1. The van der Waals surface area contributed by atoms with Crippen LogP contribution in [0.5, 0.6) is 5.75 Å². The lowest BCUT2D eigenvalue weighted by molar-refractivity contribution is -0.136. The third-order valence-electron chi connectivity index (χ3n) is 18.0. The molecular weight excluding hydrogens is 1310 g/mol. The highest BCUT2D eigenvalue weighted by atomic mass is 16.3. The van der Waals surface area contributed by atoms with Gasteiger partial charge in [0, 0.05) is 81.8 Å². The van der Waals surface area contributed by atoms with Crippen LogP contribution in [-0.2, 0) is 70.4 Å². The molecule has 0 saturated heterocycles.